The van der Waals surface area contributed by atoms with Gasteiger partial charge in [0.1, 0.15) is 0 Å². The Hall–Kier alpha value is 1.49. The topological polar surface area (TPSA) is 0 Å². The van der Waals surface area contributed by atoms with Crippen LogP contribution in [0.5, 0.6) is 0 Å². The van der Waals surface area contributed by atoms with Crippen molar-refractivity contribution in [2.75, 3.05) is 0 Å². The van der Waals surface area contributed by atoms with Gasteiger partial charge in [-0.2, -0.15) is 0 Å². The van der Waals surface area contributed by atoms with E-state index in [2.05, 4.69) is 22.8 Å². The minimum absolute atomic E-state index is 0. The standard InChI is InChI=1S/C4H13As.Hg/c1-5(2,3)4;/h5H,1-4H3;/q;+1. The quantitative estimate of drug-likeness (QED) is 0.591. The van der Waals surface area contributed by atoms with Gasteiger partial charge in [-0.15, -0.1) is 0 Å². The van der Waals surface area contributed by atoms with Gasteiger partial charge < -0.3 is 0 Å². The molecule has 0 heterocycles. The van der Waals surface area contributed by atoms with Crippen LogP contribution in [0.25, 0.3) is 0 Å². The fraction of sp³-hybridized carbons (Fsp3) is 1.00. The summed E-state index contributed by atoms with van der Waals surface area (Å²) in [6.45, 7) is 0. The van der Waals surface area contributed by atoms with Crippen LogP contribution in [0.15, 0.2) is 0 Å². The monoisotopic (exact) mass is 338 g/mol. The van der Waals surface area contributed by atoms with Gasteiger partial charge in [0.2, 0.25) is 0 Å². The SMILES string of the molecule is C[AsH](C)(C)C.[Hg+]. The van der Waals surface area contributed by atoms with Crippen molar-refractivity contribution in [3.63, 3.8) is 0 Å². The Bertz CT molecular complexity index is 23.0. The Morgan fingerprint density at radius 3 is 0.833 bits per heavy atom. The van der Waals surface area contributed by atoms with Crippen molar-refractivity contribution in [3.05, 3.63) is 0 Å². The summed E-state index contributed by atoms with van der Waals surface area (Å²) in [5.41, 5.74) is 9.50. The van der Waals surface area contributed by atoms with E-state index in [0.717, 1.165) is 0 Å². The van der Waals surface area contributed by atoms with E-state index in [-0.39, 0.29) is 27.7 Å². The van der Waals surface area contributed by atoms with Gasteiger partial charge in [-0.1, -0.05) is 0 Å². The third-order valence-corrected chi connectivity index (χ3v) is 0. The zero-order valence-corrected chi connectivity index (χ0v) is 12.8. The molecule has 0 amide bonds. The van der Waals surface area contributed by atoms with Crippen LogP contribution < -0.4 is 0 Å². The molecule has 0 aliphatic rings. The number of hydrogen-bond donors (Lipinski definition) is 0. The molecule has 0 N–H and O–H groups in total. The molecule has 0 aromatic carbocycles. The van der Waals surface area contributed by atoms with Crippen LogP contribution in [0.3, 0.4) is 0 Å². The first kappa shape index (κ1) is 10.5. The molecule has 0 unspecified atom stereocenters. The van der Waals surface area contributed by atoms with E-state index in [1.54, 1.807) is 0 Å². The van der Waals surface area contributed by atoms with Crippen molar-refractivity contribution in [1.29, 1.82) is 0 Å². The first-order valence-corrected chi connectivity index (χ1v) is 10.4. The van der Waals surface area contributed by atoms with E-state index >= 15 is 0 Å². The molecule has 0 rings (SSSR count). The Balaban J connectivity index is 0. The maximum absolute atomic E-state index is 2.38. The summed E-state index contributed by atoms with van der Waals surface area (Å²) < 4.78 is 0. The van der Waals surface area contributed by atoms with Gasteiger partial charge in [0.05, 0.1) is 0 Å². The molecule has 1 radical (unpaired) electrons. The molecule has 0 aromatic heterocycles. The van der Waals surface area contributed by atoms with Crippen molar-refractivity contribution in [1.82, 2.24) is 0 Å². The minimum atomic E-state index is -1.00. The fourth-order valence-corrected chi connectivity index (χ4v) is 0. The number of hydrogen-bond acceptors (Lipinski definition) is 0. The molecule has 0 nitrogen and oxygen atoms in total. The molecule has 6 heavy (non-hydrogen) atoms. The summed E-state index contributed by atoms with van der Waals surface area (Å²) in [6.07, 6.45) is 0. The van der Waals surface area contributed by atoms with Crippen LogP contribution in [-0.2, 0) is 27.7 Å². The van der Waals surface area contributed by atoms with Gasteiger partial charge in [-0.05, 0) is 0 Å². The average molecular weight is 337 g/mol. The van der Waals surface area contributed by atoms with Crippen molar-refractivity contribution in [3.8, 4) is 0 Å². The van der Waals surface area contributed by atoms with Crippen molar-refractivity contribution in [2.24, 2.45) is 0 Å². The second-order valence-corrected chi connectivity index (χ2v) is 15.6. The van der Waals surface area contributed by atoms with Gasteiger partial charge in [-0.3, -0.25) is 0 Å². The van der Waals surface area contributed by atoms with Crippen molar-refractivity contribution >= 4 is 13.6 Å². The molecule has 0 aliphatic carbocycles. The second kappa shape index (κ2) is 3.49. The van der Waals surface area contributed by atoms with Crippen LogP contribution in [-0.4, -0.2) is 13.6 Å². The molecule has 0 saturated carbocycles. The number of rotatable bonds is 0. The summed E-state index contributed by atoms with van der Waals surface area (Å²) in [4.78, 5) is 0. The smallest absolute Gasteiger partial charge is 1.00 e. The van der Waals surface area contributed by atoms with Crippen LogP contribution in [0.4, 0.5) is 0 Å². The first-order valence-electron chi connectivity index (χ1n) is 2.00. The van der Waals surface area contributed by atoms with Crippen molar-refractivity contribution in [2.45, 2.75) is 22.8 Å². The summed E-state index contributed by atoms with van der Waals surface area (Å²) in [6, 6.07) is 0. The second-order valence-electron chi connectivity index (χ2n) is 3.00. The van der Waals surface area contributed by atoms with E-state index in [0.29, 0.717) is 0 Å². The summed E-state index contributed by atoms with van der Waals surface area (Å²) in [5.74, 6) is 0. The Labute approximate surface area is 63.7 Å². The van der Waals surface area contributed by atoms with Crippen LogP contribution in [0.1, 0.15) is 0 Å². The van der Waals surface area contributed by atoms with Crippen LogP contribution in [0, 0.1) is 0 Å². The minimum Gasteiger partial charge on any atom is 1.00 e. The predicted molar refractivity (Wildman–Crippen MR) is 30.6 cm³/mol. The van der Waals surface area contributed by atoms with Gasteiger partial charge in [0, 0.05) is 0 Å². The van der Waals surface area contributed by atoms with Crippen molar-refractivity contribution < 1.29 is 27.7 Å². The van der Waals surface area contributed by atoms with Gasteiger partial charge in [0.25, 0.3) is 0 Å². The normalized spacial score (nSPS) is 12.7. The van der Waals surface area contributed by atoms with Crippen LogP contribution >= 0.6 is 0 Å². The first-order chi connectivity index (χ1) is 2.00. The molecule has 0 spiro atoms. The Kier molecular flexibility index (Phi) is 6.09. The van der Waals surface area contributed by atoms with E-state index in [1.807, 2.05) is 0 Å². The van der Waals surface area contributed by atoms with Gasteiger partial charge >= 0.3 is 64.1 Å². The summed E-state index contributed by atoms with van der Waals surface area (Å²) in [7, 11) is 0. The molecule has 0 fully saturated rings. The van der Waals surface area contributed by atoms with Gasteiger partial charge in [-0.25, -0.2) is 0 Å². The average Bonchev–Trinajstić information content (AvgIpc) is 0.722. The Morgan fingerprint density at radius 1 is 0.833 bits per heavy atom. The molecule has 0 bridgehead atoms. The maximum atomic E-state index is 2.38. The van der Waals surface area contributed by atoms with Crippen LogP contribution in [0.2, 0.25) is 22.8 Å². The summed E-state index contributed by atoms with van der Waals surface area (Å²) in [5, 5.41) is 0. The molecule has 0 aliphatic heterocycles. The molecular weight excluding hydrogens is 324 g/mol. The Morgan fingerprint density at radius 2 is 0.833 bits per heavy atom. The zero-order chi connectivity index (χ0) is 4.50. The fourth-order valence-electron chi connectivity index (χ4n) is 0. The largest absolute Gasteiger partial charge is 1.00 e. The third-order valence-electron chi connectivity index (χ3n) is 0. The van der Waals surface area contributed by atoms with E-state index in [4.69, 9.17) is 0 Å². The molecule has 0 saturated heterocycles. The zero-order valence-electron chi connectivity index (χ0n) is 5.21. The summed E-state index contributed by atoms with van der Waals surface area (Å²) >= 11 is -1.00. The van der Waals surface area contributed by atoms with E-state index in [1.165, 1.54) is 0 Å². The van der Waals surface area contributed by atoms with E-state index < -0.39 is 13.6 Å². The third kappa shape index (κ3) is 49.7. The molecular formula is C4H13AsHg+. The maximum Gasteiger partial charge on any atom is 1.00 e. The molecule has 0 aromatic rings. The van der Waals surface area contributed by atoms with Gasteiger partial charge in [0.15, 0.2) is 0 Å². The predicted octanol–water partition coefficient (Wildman–Crippen LogP) is 1.68. The van der Waals surface area contributed by atoms with E-state index in [9.17, 15) is 0 Å². The molecule has 2 heteroatoms. The molecule has 35 valence electrons. The molecule has 0 atom stereocenters.